The number of hydrogen-bond donors (Lipinski definition) is 0. The Labute approximate surface area is 208 Å². The number of halogens is 3. The number of carbonyl (C=O) groups excluding carboxylic acids is 1. The number of nitrogens with zero attached hydrogens (tertiary/aromatic N) is 3. The molecule has 7 nitrogen and oxygen atoms in total. The normalized spacial score (nSPS) is 21.1. The average Bonchev–Trinajstić information content (AvgIpc) is 2.86. The van der Waals surface area contributed by atoms with Crippen LogP contribution in [0, 0.1) is 12.8 Å². The molecule has 1 unspecified atom stereocenters. The summed E-state index contributed by atoms with van der Waals surface area (Å²) in [6.45, 7) is 4.93. The van der Waals surface area contributed by atoms with E-state index in [-0.39, 0.29) is 50.4 Å². The molecule has 1 aliphatic carbocycles. The molecule has 2 heterocycles. The van der Waals surface area contributed by atoms with Crippen molar-refractivity contribution in [2.24, 2.45) is 5.92 Å². The lowest BCUT2D eigenvalue weighted by Crippen LogP contribution is -2.43. The lowest BCUT2D eigenvalue weighted by atomic mass is 9.87. The Morgan fingerprint density at radius 2 is 1.86 bits per heavy atom. The molecular weight excluding hydrogens is 475 g/mol. The quantitative estimate of drug-likeness (QED) is 0.562. The van der Waals surface area contributed by atoms with Gasteiger partial charge in [0.15, 0.2) is 0 Å². The smallest absolute Gasteiger partial charge is 0.410 e. The van der Waals surface area contributed by atoms with Crippen LogP contribution in [0.15, 0.2) is 35.1 Å². The lowest BCUT2D eigenvalue weighted by Gasteiger charge is -2.33. The highest BCUT2D eigenvalue weighted by Gasteiger charge is 2.42. The highest BCUT2D eigenvalue weighted by atomic mass is 19.4. The van der Waals surface area contributed by atoms with Crippen molar-refractivity contribution in [3.05, 3.63) is 63.3 Å². The van der Waals surface area contributed by atoms with E-state index in [1.54, 1.807) is 11.5 Å². The van der Waals surface area contributed by atoms with Gasteiger partial charge in [-0.15, -0.1) is 0 Å². The van der Waals surface area contributed by atoms with Crippen LogP contribution in [0.5, 0.6) is 0 Å². The molecule has 10 heteroatoms. The maximum absolute atomic E-state index is 13.6. The number of aromatic nitrogens is 2. The SMILES string of the molecule is CCOCC(c1ccccc1)n1c(C)nc2c(c1=O)CCN(C(=O)OC1CCC(C(F)(F)F)CC1)C2. The van der Waals surface area contributed by atoms with Gasteiger partial charge in [-0.05, 0) is 51.5 Å². The van der Waals surface area contributed by atoms with E-state index in [1.165, 1.54) is 4.90 Å². The molecule has 1 atom stereocenters. The van der Waals surface area contributed by atoms with Crippen molar-refractivity contribution >= 4 is 6.09 Å². The Morgan fingerprint density at radius 1 is 1.17 bits per heavy atom. The Morgan fingerprint density at radius 3 is 2.50 bits per heavy atom. The van der Waals surface area contributed by atoms with Crippen LogP contribution in [0.4, 0.5) is 18.0 Å². The van der Waals surface area contributed by atoms with Gasteiger partial charge in [0.25, 0.3) is 5.56 Å². The van der Waals surface area contributed by atoms with Gasteiger partial charge in [0.1, 0.15) is 11.9 Å². The van der Waals surface area contributed by atoms with Crippen molar-refractivity contribution in [1.82, 2.24) is 14.5 Å². The van der Waals surface area contributed by atoms with Gasteiger partial charge in [0, 0.05) is 18.7 Å². The zero-order valence-electron chi connectivity index (χ0n) is 20.6. The van der Waals surface area contributed by atoms with Gasteiger partial charge in [0.05, 0.1) is 30.8 Å². The molecule has 1 aliphatic heterocycles. The number of amides is 1. The van der Waals surface area contributed by atoms with Crippen LogP contribution in [-0.4, -0.2) is 52.6 Å². The van der Waals surface area contributed by atoms with Crippen LogP contribution < -0.4 is 5.56 Å². The lowest BCUT2D eigenvalue weighted by molar-refractivity contribution is -0.186. The summed E-state index contributed by atoms with van der Waals surface area (Å²) in [7, 11) is 0. The Hall–Kier alpha value is -2.88. The van der Waals surface area contributed by atoms with Crippen LogP contribution in [0.25, 0.3) is 0 Å². The standard InChI is InChI=1S/C26H32F3N3O4/c1-3-35-16-23(18-7-5-4-6-8-18)32-17(2)30-22-15-31(14-13-21(22)24(32)33)25(34)36-20-11-9-19(10-12-20)26(27,28)29/h4-8,19-20,23H,3,9-16H2,1-2H3. The number of alkyl halides is 3. The number of carbonyl (C=O) groups is 1. The summed E-state index contributed by atoms with van der Waals surface area (Å²) in [5.41, 5.74) is 1.89. The molecule has 4 rings (SSSR count). The largest absolute Gasteiger partial charge is 0.446 e. The van der Waals surface area contributed by atoms with E-state index in [0.717, 1.165) is 5.56 Å². The number of ether oxygens (including phenoxy) is 2. The van der Waals surface area contributed by atoms with Crippen LogP contribution in [0.1, 0.15) is 61.3 Å². The maximum atomic E-state index is 13.6. The molecule has 1 amide bonds. The molecular formula is C26H32F3N3O4. The summed E-state index contributed by atoms with van der Waals surface area (Å²) in [6, 6.07) is 9.33. The fourth-order valence-corrected chi connectivity index (χ4v) is 5.09. The summed E-state index contributed by atoms with van der Waals surface area (Å²) in [5.74, 6) is -0.806. The van der Waals surface area contributed by atoms with Crippen molar-refractivity contribution in [3.8, 4) is 0 Å². The first-order valence-corrected chi connectivity index (χ1v) is 12.4. The highest BCUT2D eigenvalue weighted by Crippen LogP contribution is 2.38. The molecule has 1 aromatic heterocycles. The van der Waals surface area contributed by atoms with Crippen molar-refractivity contribution in [1.29, 1.82) is 0 Å². The van der Waals surface area contributed by atoms with E-state index in [2.05, 4.69) is 4.98 Å². The molecule has 0 saturated heterocycles. The minimum absolute atomic E-state index is 0.0328. The van der Waals surface area contributed by atoms with Gasteiger partial charge in [-0.1, -0.05) is 30.3 Å². The molecule has 0 bridgehead atoms. The minimum atomic E-state index is -4.20. The van der Waals surface area contributed by atoms with Gasteiger partial charge in [0.2, 0.25) is 0 Å². The summed E-state index contributed by atoms with van der Waals surface area (Å²) < 4.78 is 51.6. The second-order valence-corrected chi connectivity index (χ2v) is 9.42. The van der Waals surface area contributed by atoms with Gasteiger partial charge in [-0.3, -0.25) is 9.36 Å². The third-order valence-corrected chi connectivity index (χ3v) is 7.08. The van der Waals surface area contributed by atoms with Crippen molar-refractivity contribution in [2.45, 2.75) is 70.8 Å². The Bertz CT molecular complexity index is 1110. The summed E-state index contributed by atoms with van der Waals surface area (Å²) >= 11 is 0. The van der Waals surface area contributed by atoms with Crippen LogP contribution in [-0.2, 0) is 22.4 Å². The van der Waals surface area contributed by atoms with Crippen LogP contribution >= 0.6 is 0 Å². The number of fused-ring (bicyclic) bond motifs is 1. The second kappa shape index (κ2) is 11.0. The van der Waals surface area contributed by atoms with Gasteiger partial charge in [-0.2, -0.15) is 13.2 Å². The first-order valence-electron chi connectivity index (χ1n) is 12.4. The van der Waals surface area contributed by atoms with Gasteiger partial charge < -0.3 is 14.4 Å². The molecule has 1 aromatic carbocycles. The average molecular weight is 508 g/mol. The van der Waals surface area contributed by atoms with Crippen molar-refractivity contribution in [3.63, 3.8) is 0 Å². The fraction of sp³-hybridized carbons (Fsp3) is 0.577. The summed E-state index contributed by atoms with van der Waals surface area (Å²) in [6.07, 6.45) is -4.64. The fourth-order valence-electron chi connectivity index (χ4n) is 5.09. The molecule has 2 aromatic rings. The van der Waals surface area contributed by atoms with E-state index in [0.29, 0.717) is 36.7 Å². The molecule has 196 valence electrons. The first-order chi connectivity index (χ1) is 17.2. The minimum Gasteiger partial charge on any atom is -0.446 e. The van der Waals surface area contributed by atoms with Crippen molar-refractivity contribution in [2.75, 3.05) is 19.8 Å². The highest BCUT2D eigenvalue weighted by molar-refractivity contribution is 5.68. The van der Waals surface area contributed by atoms with Gasteiger partial charge >= 0.3 is 12.3 Å². The van der Waals surface area contributed by atoms with E-state index < -0.39 is 24.3 Å². The number of benzene rings is 1. The molecule has 0 N–H and O–H groups in total. The van der Waals surface area contributed by atoms with Crippen molar-refractivity contribution < 1.29 is 27.4 Å². The first kappa shape index (κ1) is 26.2. The predicted molar refractivity (Wildman–Crippen MR) is 127 cm³/mol. The predicted octanol–water partition coefficient (Wildman–Crippen LogP) is 4.79. The van der Waals surface area contributed by atoms with Crippen LogP contribution in [0.3, 0.4) is 0 Å². The molecule has 1 saturated carbocycles. The number of hydrogen-bond acceptors (Lipinski definition) is 5. The van der Waals surface area contributed by atoms with Crippen LogP contribution in [0.2, 0.25) is 0 Å². The van der Waals surface area contributed by atoms with E-state index >= 15 is 0 Å². The molecule has 1 fully saturated rings. The van der Waals surface area contributed by atoms with E-state index in [4.69, 9.17) is 9.47 Å². The Kier molecular flexibility index (Phi) is 8.02. The molecule has 0 radical (unpaired) electrons. The monoisotopic (exact) mass is 507 g/mol. The number of rotatable bonds is 6. The molecule has 36 heavy (non-hydrogen) atoms. The molecule has 2 aliphatic rings. The third-order valence-electron chi connectivity index (χ3n) is 7.08. The van der Waals surface area contributed by atoms with E-state index in [9.17, 15) is 22.8 Å². The number of aryl methyl sites for hydroxylation is 1. The Balaban J connectivity index is 1.48. The molecule has 0 spiro atoms. The third kappa shape index (κ3) is 5.74. The summed E-state index contributed by atoms with van der Waals surface area (Å²) in [4.78, 5) is 32.5. The van der Waals surface area contributed by atoms with E-state index in [1.807, 2.05) is 37.3 Å². The second-order valence-electron chi connectivity index (χ2n) is 9.42. The summed E-state index contributed by atoms with van der Waals surface area (Å²) in [5, 5.41) is 0. The zero-order valence-corrected chi connectivity index (χ0v) is 20.6. The topological polar surface area (TPSA) is 73.7 Å². The zero-order chi connectivity index (χ0) is 25.9. The maximum Gasteiger partial charge on any atom is 0.410 e. The van der Waals surface area contributed by atoms with Gasteiger partial charge in [-0.25, -0.2) is 9.78 Å².